The van der Waals surface area contributed by atoms with E-state index in [-0.39, 0.29) is 37.2 Å². The van der Waals surface area contributed by atoms with Crippen molar-refractivity contribution in [3.63, 3.8) is 0 Å². The summed E-state index contributed by atoms with van der Waals surface area (Å²) < 4.78 is 28.1. The van der Waals surface area contributed by atoms with Gasteiger partial charge in [-0.2, -0.15) is 0 Å². The SMILES string of the molecule is CCCCCCCCCCCOc1ccc(C2=c3ccc([nH]3)=C(c3ccc(OCCC[N+](C)(C)C)cc3)c3ccc([nH]3)C(c3ccc(OCCC[N+](C)(C)C)cc3)=c3ccc([nH]3)=C(c3ccc(OCCC[N+](C)(C)C)cc3)c3ccc2[nH]3)cc1.[Cl-].[Cl-].[Cl-]. The number of unbranched alkanes of at least 4 members (excludes halogenated alkanes) is 8. The molecular formula is C73H96Cl3N7O4. The van der Waals surface area contributed by atoms with Crippen LogP contribution in [0.3, 0.4) is 0 Å². The van der Waals surface area contributed by atoms with E-state index < -0.39 is 0 Å². The standard InChI is InChI=1S/C73H96N7O4.3ClH/c1-11-12-13-14-15-16-17-18-19-50-81-58-31-23-54(24-32-58)70-62-39-41-64(74-62)71(55-25-33-59(34-26-55)82-51-20-47-78(2,3)4)66-43-45-68(76-66)73(57-29-37-61(38-30-57)84-53-22-49-80(8,9)10)69-46-44-67(77-69)72(65-42-40-63(70)75-65)56-27-35-60(36-28-56)83-52-21-48-79(5,6)7;;;/h23-46,74-77H,11-22,47-53H2,1-10H3;3*1H/q+3;;;/p-3. The molecule has 1 aliphatic heterocycles. The van der Waals surface area contributed by atoms with E-state index in [2.05, 4.69) is 236 Å². The quantitative estimate of drug-likeness (QED) is 0.0412. The van der Waals surface area contributed by atoms with Crippen LogP contribution in [0.25, 0.3) is 22.3 Å². The number of aromatic nitrogens is 4. The van der Waals surface area contributed by atoms with Gasteiger partial charge < -0.3 is 89.6 Å². The summed E-state index contributed by atoms with van der Waals surface area (Å²) in [6.07, 6.45) is 14.5. The van der Waals surface area contributed by atoms with Crippen LogP contribution in [0.15, 0.2) is 146 Å². The topological polar surface area (TPSA) is 100 Å². The Kier molecular flexibility index (Phi) is 26.1. The van der Waals surface area contributed by atoms with E-state index in [4.69, 9.17) is 18.9 Å². The lowest BCUT2D eigenvalue weighted by Crippen LogP contribution is -3.00. The van der Waals surface area contributed by atoms with Crippen LogP contribution < -0.4 is 77.6 Å². The molecule has 8 bridgehead atoms. The Morgan fingerprint density at radius 1 is 0.264 bits per heavy atom. The molecule has 87 heavy (non-hydrogen) atoms. The number of hydrogen-bond donors (Lipinski definition) is 4. The van der Waals surface area contributed by atoms with Crippen LogP contribution in [-0.4, -0.2) is 143 Å². The second-order valence-corrected chi connectivity index (χ2v) is 26.1. The first-order chi connectivity index (χ1) is 40.5. The number of hydrogen-bond acceptors (Lipinski definition) is 4. The van der Waals surface area contributed by atoms with Gasteiger partial charge in [0, 0.05) is 85.7 Å². The van der Waals surface area contributed by atoms with Gasteiger partial charge in [0.1, 0.15) is 23.0 Å². The molecule has 0 unspecified atom stereocenters. The number of nitrogens with one attached hydrogen (secondary N) is 4. The first-order valence-corrected chi connectivity index (χ1v) is 31.1. The lowest BCUT2D eigenvalue weighted by molar-refractivity contribution is -0.870. The first-order valence-electron chi connectivity index (χ1n) is 31.1. The van der Waals surface area contributed by atoms with E-state index in [9.17, 15) is 0 Å². The molecule has 0 spiro atoms. The zero-order valence-corrected chi connectivity index (χ0v) is 55.7. The molecule has 0 amide bonds. The van der Waals surface area contributed by atoms with E-state index in [0.29, 0.717) is 19.8 Å². The molecule has 0 saturated carbocycles. The average molecular weight is 1240 g/mol. The summed E-state index contributed by atoms with van der Waals surface area (Å²) in [6, 6.07) is 52.1. The highest BCUT2D eigenvalue weighted by molar-refractivity contribution is 5.85. The molecule has 0 radical (unpaired) electrons. The molecule has 468 valence electrons. The fraction of sp³-hybridized carbons (Fsp3) is 0.397. The Bertz CT molecular complexity index is 3620. The summed E-state index contributed by atoms with van der Waals surface area (Å²) >= 11 is 0. The highest BCUT2D eigenvalue weighted by Crippen LogP contribution is 2.31. The summed E-state index contributed by atoms with van der Waals surface area (Å²) in [5.41, 5.74) is 12.4. The molecule has 1 aliphatic rings. The smallest absolute Gasteiger partial charge is 0.119 e. The first kappa shape index (κ1) is 69.5. The zero-order valence-electron chi connectivity index (χ0n) is 53.4. The van der Waals surface area contributed by atoms with Crippen molar-refractivity contribution in [2.24, 2.45) is 0 Å². The predicted octanol–water partition coefficient (Wildman–Crippen LogP) is 2.65. The third-order valence-electron chi connectivity index (χ3n) is 15.7. The van der Waals surface area contributed by atoms with Gasteiger partial charge in [-0.05, 0) is 126 Å². The molecule has 4 aromatic carbocycles. The number of halogens is 3. The van der Waals surface area contributed by atoms with Gasteiger partial charge in [-0.1, -0.05) is 107 Å². The largest absolute Gasteiger partial charge is 1.00 e. The van der Waals surface area contributed by atoms with Crippen LogP contribution in [0, 0.1) is 0 Å². The molecule has 4 aromatic heterocycles. The van der Waals surface area contributed by atoms with Crippen molar-refractivity contribution in [2.45, 2.75) is 84.0 Å². The van der Waals surface area contributed by atoms with Crippen molar-refractivity contribution >= 4 is 22.3 Å². The van der Waals surface area contributed by atoms with Crippen molar-refractivity contribution in [1.29, 1.82) is 0 Å². The molecule has 0 atom stereocenters. The highest BCUT2D eigenvalue weighted by Gasteiger charge is 2.20. The highest BCUT2D eigenvalue weighted by atomic mass is 35.5. The van der Waals surface area contributed by atoms with E-state index >= 15 is 0 Å². The Morgan fingerprint density at radius 3 is 0.736 bits per heavy atom. The summed E-state index contributed by atoms with van der Waals surface area (Å²) in [5.74, 6) is 3.46. The van der Waals surface area contributed by atoms with Crippen LogP contribution >= 0.6 is 0 Å². The van der Waals surface area contributed by atoms with Crippen LogP contribution in [-0.2, 0) is 0 Å². The minimum atomic E-state index is 0. The maximum atomic E-state index is 6.38. The number of benzene rings is 4. The molecule has 11 nitrogen and oxygen atoms in total. The van der Waals surface area contributed by atoms with Crippen LogP contribution in [0.1, 0.15) is 129 Å². The van der Waals surface area contributed by atoms with Gasteiger partial charge in [0.15, 0.2) is 0 Å². The number of ether oxygens (including phenoxy) is 4. The number of H-pyrrole nitrogens is 4. The molecule has 0 fully saturated rings. The van der Waals surface area contributed by atoms with E-state index in [1.165, 1.54) is 51.4 Å². The number of nitrogens with zero attached hydrogens (tertiary/aromatic N) is 3. The normalized spacial score (nSPS) is 12.5. The molecule has 0 aliphatic carbocycles. The molecule has 14 heteroatoms. The fourth-order valence-electron chi connectivity index (χ4n) is 11.2. The van der Waals surface area contributed by atoms with Crippen LogP contribution in [0.4, 0.5) is 0 Å². The van der Waals surface area contributed by atoms with E-state index in [1.54, 1.807) is 0 Å². The molecule has 0 saturated heterocycles. The van der Waals surface area contributed by atoms with E-state index in [1.807, 2.05) is 0 Å². The van der Waals surface area contributed by atoms with Crippen molar-refractivity contribution in [3.05, 3.63) is 212 Å². The summed E-state index contributed by atoms with van der Waals surface area (Å²) in [7, 11) is 20.0. The third kappa shape index (κ3) is 20.2. The van der Waals surface area contributed by atoms with Crippen molar-refractivity contribution in [3.8, 4) is 23.0 Å². The molecule has 4 N–H and O–H groups in total. The van der Waals surface area contributed by atoms with Gasteiger partial charge in [-0.3, -0.25) is 0 Å². The summed E-state index contributed by atoms with van der Waals surface area (Å²) in [6.45, 7) is 8.11. The lowest BCUT2D eigenvalue weighted by Gasteiger charge is -2.23. The minimum Gasteiger partial charge on any atom is -1.00 e. The Labute approximate surface area is 537 Å². The van der Waals surface area contributed by atoms with Gasteiger partial charge in [-0.15, -0.1) is 0 Å². The second-order valence-electron chi connectivity index (χ2n) is 26.1. The van der Waals surface area contributed by atoms with Gasteiger partial charge in [0.25, 0.3) is 0 Å². The Hall–Kier alpha value is -6.57. The molecule has 9 rings (SSSR count). The minimum absolute atomic E-state index is 0. The summed E-state index contributed by atoms with van der Waals surface area (Å²) in [4.78, 5) is 15.9. The van der Waals surface area contributed by atoms with Crippen LogP contribution in [0.5, 0.6) is 23.0 Å². The number of aromatic amines is 4. The van der Waals surface area contributed by atoms with Gasteiger partial charge in [-0.25, -0.2) is 0 Å². The van der Waals surface area contributed by atoms with Gasteiger partial charge in [0.2, 0.25) is 0 Å². The average Bonchev–Trinajstić information content (AvgIpc) is 1.71. The van der Waals surface area contributed by atoms with Crippen molar-refractivity contribution in [1.82, 2.24) is 19.9 Å². The zero-order chi connectivity index (χ0) is 59.1. The molecule has 8 aromatic rings. The van der Waals surface area contributed by atoms with Crippen molar-refractivity contribution < 1.29 is 69.6 Å². The second kappa shape index (κ2) is 32.6. The van der Waals surface area contributed by atoms with Gasteiger partial charge in [0.05, 0.1) is 109 Å². The fourth-order valence-corrected chi connectivity index (χ4v) is 11.2. The summed E-state index contributed by atoms with van der Waals surface area (Å²) in [5, 5.41) is 3.92. The van der Waals surface area contributed by atoms with Crippen molar-refractivity contribution in [2.75, 3.05) is 109 Å². The monoisotopic (exact) mass is 1240 g/mol. The Balaban J connectivity index is 0.00000403. The third-order valence-corrected chi connectivity index (χ3v) is 15.7. The molecule has 5 heterocycles. The Morgan fingerprint density at radius 2 is 0.494 bits per heavy atom. The number of rotatable bonds is 30. The predicted molar refractivity (Wildman–Crippen MR) is 346 cm³/mol. The lowest BCUT2D eigenvalue weighted by atomic mass is 10.0. The molecular weight excluding hydrogens is 1150 g/mol. The van der Waals surface area contributed by atoms with Gasteiger partial charge >= 0.3 is 0 Å². The van der Waals surface area contributed by atoms with E-state index in [0.717, 1.165) is 177 Å². The number of fused-ring (bicyclic) bond motifs is 8. The number of quaternary nitrogens is 3. The maximum Gasteiger partial charge on any atom is 0.119 e. The maximum absolute atomic E-state index is 6.38. The van der Waals surface area contributed by atoms with Crippen LogP contribution in [0.2, 0.25) is 0 Å².